The summed E-state index contributed by atoms with van der Waals surface area (Å²) in [5.74, 6) is 0. The number of anilines is 2. The molecule has 2 aromatic carbocycles. The Labute approximate surface area is 173 Å². The fourth-order valence-electron chi connectivity index (χ4n) is 4.28. The fraction of sp³-hybridized carbons (Fsp3) is 0.316. The lowest BCUT2D eigenvalue weighted by Gasteiger charge is -2.39. The molecular formula is C19H21N5O5S. The van der Waals surface area contributed by atoms with Gasteiger partial charge in [-0.3, -0.25) is 14.4 Å². The third kappa shape index (κ3) is 3.57. The molecule has 0 aliphatic carbocycles. The zero-order chi connectivity index (χ0) is 21.5. The van der Waals surface area contributed by atoms with Crippen molar-refractivity contribution in [1.82, 2.24) is 4.90 Å². The normalized spacial score (nSPS) is 17.6. The largest absolute Gasteiger partial charge is 0.324 e. The van der Waals surface area contributed by atoms with Crippen LogP contribution in [-0.4, -0.2) is 43.9 Å². The molecule has 2 aliphatic rings. The molecule has 0 atom stereocenters. The minimum absolute atomic E-state index is 0.101. The maximum Gasteiger partial charge on any atom is 0.321 e. The van der Waals surface area contributed by atoms with Gasteiger partial charge in [0, 0.05) is 42.9 Å². The molecule has 2 amide bonds. The van der Waals surface area contributed by atoms with E-state index in [-0.39, 0.29) is 18.3 Å². The van der Waals surface area contributed by atoms with Crippen LogP contribution in [0.3, 0.4) is 0 Å². The Morgan fingerprint density at radius 1 is 1.13 bits per heavy atom. The molecule has 0 aromatic heterocycles. The summed E-state index contributed by atoms with van der Waals surface area (Å²) >= 11 is 0. The summed E-state index contributed by atoms with van der Waals surface area (Å²) in [7, 11) is -3.89. The number of non-ortho nitro benzene ring substituents is 1. The first-order valence-corrected chi connectivity index (χ1v) is 10.9. The van der Waals surface area contributed by atoms with Gasteiger partial charge in [0.25, 0.3) is 15.9 Å². The molecule has 1 spiro atoms. The van der Waals surface area contributed by atoms with Crippen LogP contribution >= 0.6 is 0 Å². The molecule has 0 unspecified atom stereocenters. The van der Waals surface area contributed by atoms with Crippen molar-refractivity contribution < 1.29 is 18.1 Å². The number of urea groups is 1. The molecule has 2 aromatic rings. The molecular weight excluding hydrogens is 410 g/mol. The highest BCUT2D eigenvalue weighted by atomic mass is 32.2. The highest BCUT2D eigenvalue weighted by molar-refractivity contribution is 7.90. The maximum absolute atomic E-state index is 12.6. The Balaban J connectivity index is 1.48. The van der Waals surface area contributed by atoms with Crippen molar-refractivity contribution in [2.24, 2.45) is 5.14 Å². The number of fused-ring (bicyclic) bond motifs is 2. The van der Waals surface area contributed by atoms with E-state index in [2.05, 4.69) is 5.32 Å². The SMILES string of the molecule is NS(=O)(=O)N1CC2(CCN(C(=O)Nc3cccc([N+](=O)[O-])c3)CC2)c2ccccc21. The lowest BCUT2D eigenvalue weighted by Crippen LogP contribution is -2.49. The van der Waals surface area contributed by atoms with Gasteiger partial charge in [0.2, 0.25) is 0 Å². The standard InChI is InChI=1S/C19H21N5O5S/c20-30(28,29)23-13-19(16-6-1-2-7-17(16)23)8-10-22(11-9-19)18(25)21-14-4-3-5-15(12-14)24(26)27/h1-7,12H,8-11,13H2,(H,21,25)(H2,20,28,29). The van der Waals surface area contributed by atoms with E-state index in [1.165, 1.54) is 22.5 Å². The molecule has 2 aliphatic heterocycles. The number of amides is 2. The van der Waals surface area contributed by atoms with Gasteiger partial charge in [-0.25, -0.2) is 9.93 Å². The van der Waals surface area contributed by atoms with Gasteiger partial charge in [0.15, 0.2) is 0 Å². The number of hydrogen-bond donors (Lipinski definition) is 2. The number of carbonyl (C=O) groups excluding carboxylic acids is 1. The molecule has 0 radical (unpaired) electrons. The highest BCUT2D eigenvalue weighted by Crippen LogP contribution is 2.47. The Morgan fingerprint density at radius 3 is 2.50 bits per heavy atom. The fourth-order valence-corrected chi connectivity index (χ4v) is 5.14. The minimum Gasteiger partial charge on any atom is -0.324 e. The number of benzene rings is 2. The van der Waals surface area contributed by atoms with E-state index < -0.39 is 20.5 Å². The van der Waals surface area contributed by atoms with Crippen molar-refractivity contribution >= 4 is 33.3 Å². The number of nitrogens with two attached hydrogens (primary N) is 1. The number of nitrogens with zero attached hydrogens (tertiary/aromatic N) is 3. The van der Waals surface area contributed by atoms with Crippen LogP contribution in [0.1, 0.15) is 18.4 Å². The Hall–Kier alpha value is -3.18. The second-order valence-corrected chi connectivity index (χ2v) is 9.04. The number of rotatable bonds is 3. The van der Waals surface area contributed by atoms with Gasteiger partial charge in [-0.05, 0) is 30.5 Å². The number of nitro benzene ring substituents is 1. The molecule has 1 saturated heterocycles. The van der Waals surface area contributed by atoms with Crippen molar-refractivity contribution in [3.8, 4) is 0 Å². The molecule has 0 bridgehead atoms. The zero-order valence-electron chi connectivity index (χ0n) is 16.0. The van der Waals surface area contributed by atoms with Crippen LogP contribution in [-0.2, 0) is 15.6 Å². The molecule has 1 fully saturated rings. The molecule has 10 nitrogen and oxygen atoms in total. The Kier molecular flexibility index (Phi) is 4.86. The first-order valence-electron chi connectivity index (χ1n) is 9.40. The van der Waals surface area contributed by atoms with Crippen LogP contribution in [0.2, 0.25) is 0 Å². The number of carbonyl (C=O) groups is 1. The van der Waals surface area contributed by atoms with Gasteiger partial charge < -0.3 is 10.2 Å². The molecule has 11 heteroatoms. The smallest absolute Gasteiger partial charge is 0.321 e. The predicted molar refractivity (Wildman–Crippen MR) is 111 cm³/mol. The number of para-hydroxylation sites is 1. The van der Waals surface area contributed by atoms with E-state index in [0.29, 0.717) is 37.3 Å². The van der Waals surface area contributed by atoms with Crippen molar-refractivity contribution in [3.05, 3.63) is 64.2 Å². The lowest BCUT2D eigenvalue weighted by atomic mass is 9.74. The van der Waals surface area contributed by atoms with Crippen molar-refractivity contribution in [2.45, 2.75) is 18.3 Å². The van der Waals surface area contributed by atoms with Crippen LogP contribution in [0.15, 0.2) is 48.5 Å². The molecule has 158 valence electrons. The first kappa shape index (κ1) is 20.1. The van der Waals surface area contributed by atoms with Crippen LogP contribution in [0.5, 0.6) is 0 Å². The first-order chi connectivity index (χ1) is 14.2. The molecule has 3 N–H and O–H groups in total. The summed E-state index contributed by atoms with van der Waals surface area (Å²) in [4.78, 5) is 24.7. The average molecular weight is 431 g/mol. The second-order valence-electron chi connectivity index (χ2n) is 7.57. The molecule has 2 heterocycles. The number of nitro groups is 1. The van der Waals surface area contributed by atoms with E-state index in [4.69, 9.17) is 5.14 Å². The van der Waals surface area contributed by atoms with Crippen LogP contribution in [0.4, 0.5) is 21.9 Å². The van der Waals surface area contributed by atoms with Crippen LogP contribution in [0.25, 0.3) is 0 Å². The maximum atomic E-state index is 12.6. The number of nitrogens with one attached hydrogen (secondary N) is 1. The summed E-state index contributed by atoms with van der Waals surface area (Å²) in [6.45, 7) is 1.10. The highest BCUT2D eigenvalue weighted by Gasteiger charge is 2.47. The third-order valence-electron chi connectivity index (χ3n) is 5.81. The summed E-state index contributed by atoms with van der Waals surface area (Å²) in [5.41, 5.74) is 1.37. The van der Waals surface area contributed by atoms with Gasteiger partial charge in [0.1, 0.15) is 0 Å². The zero-order valence-corrected chi connectivity index (χ0v) is 16.8. The van der Waals surface area contributed by atoms with Gasteiger partial charge >= 0.3 is 6.03 Å². The number of likely N-dealkylation sites (tertiary alicyclic amines) is 1. The van der Waals surface area contributed by atoms with E-state index in [9.17, 15) is 23.3 Å². The van der Waals surface area contributed by atoms with Crippen molar-refractivity contribution in [1.29, 1.82) is 0 Å². The van der Waals surface area contributed by atoms with Crippen molar-refractivity contribution in [3.63, 3.8) is 0 Å². The predicted octanol–water partition coefficient (Wildman–Crippen LogP) is 2.18. The van der Waals surface area contributed by atoms with E-state index in [1.807, 2.05) is 12.1 Å². The monoisotopic (exact) mass is 431 g/mol. The van der Waals surface area contributed by atoms with E-state index in [1.54, 1.807) is 23.1 Å². The summed E-state index contributed by atoms with van der Waals surface area (Å²) < 4.78 is 25.3. The number of piperidine rings is 1. The number of hydrogen-bond acceptors (Lipinski definition) is 5. The van der Waals surface area contributed by atoms with E-state index >= 15 is 0 Å². The van der Waals surface area contributed by atoms with Gasteiger partial charge in [-0.1, -0.05) is 24.3 Å². The van der Waals surface area contributed by atoms with Crippen LogP contribution in [0, 0.1) is 10.1 Å². The van der Waals surface area contributed by atoms with Gasteiger partial charge in [-0.15, -0.1) is 0 Å². The quantitative estimate of drug-likeness (QED) is 0.566. The Morgan fingerprint density at radius 2 is 1.83 bits per heavy atom. The van der Waals surface area contributed by atoms with E-state index in [0.717, 1.165) is 5.56 Å². The summed E-state index contributed by atoms with van der Waals surface area (Å²) in [6, 6.07) is 12.7. The van der Waals surface area contributed by atoms with Gasteiger partial charge in [-0.2, -0.15) is 8.42 Å². The summed E-state index contributed by atoms with van der Waals surface area (Å²) in [6.07, 6.45) is 1.16. The lowest BCUT2D eigenvalue weighted by molar-refractivity contribution is -0.384. The Bertz CT molecular complexity index is 1110. The molecule has 0 saturated carbocycles. The van der Waals surface area contributed by atoms with Crippen molar-refractivity contribution in [2.75, 3.05) is 29.3 Å². The van der Waals surface area contributed by atoms with Crippen LogP contribution < -0.4 is 14.8 Å². The third-order valence-corrected chi connectivity index (χ3v) is 6.75. The molecule has 4 rings (SSSR count). The minimum atomic E-state index is -3.89. The average Bonchev–Trinajstić information content (AvgIpc) is 3.03. The topological polar surface area (TPSA) is 139 Å². The summed E-state index contributed by atoms with van der Waals surface area (Å²) in [5, 5.41) is 19.0. The van der Waals surface area contributed by atoms with Gasteiger partial charge in [0.05, 0.1) is 10.6 Å². The molecule has 30 heavy (non-hydrogen) atoms. The second kappa shape index (κ2) is 7.26.